The third kappa shape index (κ3) is 9.43. The molecule has 2 aliphatic rings. The Morgan fingerprint density at radius 2 is 1.73 bits per heavy atom. The number of aromatic nitrogens is 1. The molecule has 1 aromatic carbocycles. The average Bonchev–Trinajstić information content (AvgIpc) is 3.59. The second-order valence-electron chi connectivity index (χ2n) is 13.9. The Morgan fingerprint density at radius 1 is 1.04 bits per heavy atom. The van der Waals surface area contributed by atoms with Crippen molar-refractivity contribution in [3.63, 3.8) is 0 Å². The number of alkyl halides is 6. The zero-order valence-corrected chi connectivity index (χ0v) is 31.6. The molecule has 3 N–H and O–H groups in total. The Labute approximate surface area is 318 Å². The number of aryl methyl sites for hydroxylation is 1. The fraction of sp³-hybridized carbons (Fsp3) is 0.500. The standard InChI is InChI=1S/C36H41F6N5O6S2/c1-3-7-28-34(53-24-20-29(54-22-24)36(40,41)42,13-6-17-47(28)31(49)25-21-44-16-12-27(25)35(37,38)39)32(50)46-18-14-33(43,15-19-46)26-9-5-4-8-23(26)10-11-30(48)45-55(2,51)52/h4-5,8-9,12,16,20-22,28H,3,6-7,10-11,13-15,17-19,43H2,1-2H3,(H,45,48)/t28-,34+/m1/s1. The van der Waals surface area contributed by atoms with Crippen LogP contribution < -0.4 is 15.2 Å². The molecule has 4 heterocycles. The van der Waals surface area contributed by atoms with Crippen LogP contribution in [0.3, 0.4) is 0 Å². The molecule has 2 fully saturated rings. The molecule has 0 spiro atoms. The van der Waals surface area contributed by atoms with Gasteiger partial charge in [0, 0.05) is 61.9 Å². The number of thiophene rings is 1. The summed E-state index contributed by atoms with van der Waals surface area (Å²) in [6.45, 7) is 1.80. The molecule has 11 nitrogen and oxygen atoms in total. The Balaban J connectivity index is 1.47. The lowest BCUT2D eigenvalue weighted by Gasteiger charge is -2.51. The molecule has 300 valence electrons. The summed E-state index contributed by atoms with van der Waals surface area (Å²) in [5.41, 5.74) is 3.42. The van der Waals surface area contributed by atoms with Crippen LogP contribution in [0.5, 0.6) is 5.75 Å². The van der Waals surface area contributed by atoms with Gasteiger partial charge in [0.15, 0.2) is 0 Å². The second-order valence-corrected chi connectivity index (χ2v) is 16.5. The summed E-state index contributed by atoms with van der Waals surface area (Å²) in [5.74, 6) is -2.64. The van der Waals surface area contributed by atoms with Gasteiger partial charge in [0.25, 0.3) is 11.8 Å². The quantitative estimate of drug-likeness (QED) is 0.228. The zero-order valence-electron chi connectivity index (χ0n) is 30.0. The highest BCUT2D eigenvalue weighted by atomic mass is 32.2. The van der Waals surface area contributed by atoms with Crippen molar-refractivity contribution in [1.29, 1.82) is 0 Å². The van der Waals surface area contributed by atoms with E-state index in [-0.39, 0.29) is 70.3 Å². The normalized spacial score (nSPS) is 20.6. The molecular formula is C36H41F6N5O6S2. The molecule has 0 aliphatic carbocycles. The maximum absolute atomic E-state index is 14.9. The first-order valence-electron chi connectivity index (χ1n) is 17.5. The third-order valence-corrected chi connectivity index (χ3v) is 11.5. The number of hydrogen-bond acceptors (Lipinski definition) is 9. The predicted molar refractivity (Wildman–Crippen MR) is 190 cm³/mol. The lowest BCUT2D eigenvalue weighted by molar-refractivity contribution is -0.161. The highest BCUT2D eigenvalue weighted by Gasteiger charge is 2.56. The largest absolute Gasteiger partial charge is 0.474 e. The molecule has 3 amide bonds. The fourth-order valence-corrected chi connectivity index (χ4v) is 8.67. The minimum atomic E-state index is -4.90. The highest BCUT2D eigenvalue weighted by molar-refractivity contribution is 7.89. The number of halogens is 6. The van der Waals surface area contributed by atoms with Gasteiger partial charge in [-0.05, 0) is 49.3 Å². The van der Waals surface area contributed by atoms with Crippen LogP contribution in [0.1, 0.15) is 83.8 Å². The number of carbonyl (C=O) groups excluding carboxylic acids is 3. The van der Waals surface area contributed by atoms with Gasteiger partial charge in [-0.2, -0.15) is 26.3 Å². The Morgan fingerprint density at radius 3 is 2.35 bits per heavy atom. The number of hydrogen-bond donors (Lipinski definition) is 2. The molecule has 2 aliphatic heterocycles. The van der Waals surface area contributed by atoms with Crippen LogP contribution in [0.15, 0.2) is 54.2 Å². The first-order valence-corrected chi connectivity index (χ1v) is 20.3. The van der Waals surface area contributed by atoms with E-state index in [1.54, 1.807) is 31.2 Å². The van der Waals surface area contributed by atoms with Gasteiger partial charge in [0.1, 0.15) is 10.6 Å². The number of benzene rings is 1. The number of nitrogens with two attached hydrogens (primary N) is 1. The second kappa shape index (κ2) is 16.1. The molecule has 19 heteroatoms. The van der Waals surface area contributed by atoms with E-state index < -0.39 is 73.3 Å². The van der Waals surface area contributed by atoms with Crippen LogP contribution in [0, 0.1) is 0 Å². The van der Waals surface area contributed by atoms with Gasteiger partial charge in [0.05, 0.1) is 23.4 Å². The number of piperidine rings is 2. The SMILES string of the molecule is CCC[C@H]1N(C(=O)c2cnccc2C(F)(F)F)CCC[C@@]1(Oc1csc(C(F)(F)F)c1)C(=O)N1CCC(N)(c2ccccc2CCC(=O)NS(C)(=O)=O)CC1. The Bertz CT molecular complexity index is 2000. The number of nitrogens with one attached hydrogen (secondary N) is 1. The van der Waals surface area contributed by atoms with Gasteiger partial charge in [-0.15, -0.1) is 11.3 Å². The Hall–Kier alpha value is -4.23. The molecule has 2 atom stereocenters. The van der Waals surface area contributed by atoms with Gasteiger partial charge >= 0.3 is 12.4 Å². The lowest BCUT2D eigenvalue weighted by Crippen LogP contribution is -2.69. The molecule has 55 heavy (non-hydrogen) atoms. The minimum Gasteiger partial charge on any atom is -0.474 e. The average molecular weight is 818 g/mol. The summed E-state index contributed by atoms with van der Waals surface area (Å²) in [7, 11) is -3.75. The summed E-state index contributed by atoms with van der Waals surface area (Å²) < 4.78 is 114. The number of likely N-dealkylation sites (tertiary alicyclic amines) is 2. The van der Waals surface area contributed by atoms with E-state index in [1.807, 2.05) is 4.72 Å². The summed E-state index contributed by atoms with van der Waals surface area (Å²) in [5, 5.41) is 1.11. The monoisotopic (exact) mass is 817 g/mol. The number of sulfonamides is 1. The molecule has 2 aromatic heterocycles. The number of pyridine rings is 1. The first-order chi connectivity index (χ1) is 25.7. The molecule has 0 unspecified atom stereocenters. The summed E-state index contributed by atoms with van der Waals surface area (Å²) >= 11 is 0.361. The Kier molecular flexibility index (Phi) is 12.3. The van der Waals surface area contributed by atoms with Crippen molar-refractivity contribution in [3.8, 4) is 5.75 Å². The first kappa shape index (κ1) is 41.9. The number of nitrogens with zero attached hydrogens (tertiary/aromatic N) is 3. The number of rotatable bonds is 11. The topological polar surface area (TPSA) is 152 Å². The van der Waals surface area contributed by atoms with Crippen molar-refractivity contribution in [2.24, 2.45) is 5.73 Å². The smallest absolute Gasteiger partial charge is 0.425 e. The molecule has 0 saturated carbocycles. The maximum atomic E-state index is 14.9. The van der Waals surface area contributed by atoms with Gasteiger partial charge in [-0.1, -0.05) is 37.6 Å². The van der Waals surface area contributed by atoms with Crippen LogP contribution in [0.4, 0.5) is 26.3 Å². The van der Waals surface area contributed by atoms with Gasteiger partial charge < -0.3 is 20.3 Å². The van der Waals surface area contributed by atoms with Crippen molar-refractivity contribution in [2.75, 3.05) is 25.9 Å². The van der Waals surface area contributed by atoms with Crippen molar-refractivity contribution >= 4 is 39.1 Å². The molecule has 2 saturated heterocycles. The van der Waals surface area contributed by atoms with E-state index in [4.69, 9.17) is 10.5 Å². The number of carbonyl (C=O) groups is 3. The minimum absolute atomic E-state index is 0.0424. The van der Waals surface area contributed by atoms with E-state index in [2.05, 4.69) is 4.98 Å². The predicted octanol–water partition coefficient (Wildman–Crippen LogP) is 5.89. The van der Waals surface area contributed by atoms with Crippen LogP contribution in [-0.2, 0) is 43.9 Å². The zero-order chi connectivity index (χ0) is 40.4. The molecule has 0 radical (unpaired) electrons. The van der Waals surface area contributed by atoms with Crippen molar-refractivity contribution in [2.45, 2.75) is 87.8 Å². The van der Waals surface area contributed by atoms with Crippen molar-refractivity contribution in [1.82, 2.24) is 19.5 Å². The van der Waals surface area contributed by atoms with Gasteiger partial charge in [0.2, 0.25) is 21.5 Å². The van der Waals surface area contributed by atoms with E-state index in [0.717, 1.165) is 35.0 Å². The van der Waals surface area contributed by atoms with E-state index >= 15 is 0 Å². The molecular weight excluding hydrogens is 777 g/mol. The number of amides is 3. The molecule has 0 bridgehead atoms. The van der Waals surface area contributed by atoms with Crippen LogP contribution in [0.25, 0.3) is 0 Å². The third-order valence-electron chi connectivity index (χ3n) is 9.98. The van der Waals surface area contributed by atoms with Gasteiger partial charge in [-0.3, -0.25) is 24.1 Å². The molecule has 5 rings (SSSR count). The van der Waals surface area contributed by atoms with E-state index in [0.29, 0.717) is 35.0 Å². The van der Waals surface area contributed by atoms with Crippen LogP contribution in [0.2, 0.25) is 0 Å². The van der Waals surface area contributed by atoms with Gasteiger partial charge in [-0.25, -0.2) is 8.42 Å². The van der Waals surface area contributed by atoms with Crippen LogP contribution in [-0.4, -0.2) is 78.5 Å². The van der Waals surface area contributed by atoms with E-state index in [9.17, 15) is 49.1 Å². The lowest BCUT2D eigenvalue weighted by atomic mass is 9.76. The van der Waals surface area contributed by atoms with Crippen molar-refractivity contribution < 1.29 is 53.9 Å². The molecule has 3 aromatic rings. The maximum Gasteiger partial charge on any atom is 0.425 e. The highest BCUT2D eigenvalue weighted by Crippen LogP contribution is 2.44. The van der Waals surface area contributed by atoms with E-state index in [1.165, 1.54) is 4.90 Å². The van der Waals surface area contributed by atoms with Crippen molar-refractivity contribution in [3.05, 3.63) is 81.3 Å². The van der Waals surface area contributed by atoms with Crippen LogP contribution >= 0.6 is 11.3 Å². The summed E-state index contributed by atoms with van der Waals surface area (Å²) in [6.07, 6.45) is -6.13. The summed E-state index contributed by atoms with van der Waals surface area (Å²) in [6, 6.07) is 7.33. The number of ether oxygens (including phenoxy) is 1. The fourth-order valence-electron chi connectivity index (χ4n) is 7.48. The summed E-state index contributed by atoms with van der Waals surface area (Å²) in [4.78, 5) is 46.6.